The van der Waals surface area contributed by atoms with Crippen LogP contribution in [0.3, 0.4) is 0 Å². The SMILES string of the molecule is FC(F)(F)c1ccc2ncc(I)cc2c1. The van der Waals surface area contributed by atoms with E-state index in [1.807, 2.05) is 22.6 Å². The van der Waals surface area contributed by atoms with Gasteiger partial charge in [0.05, 0.1) is 11.1 Å². The Morgan fingerprint density at radius 2 is 1.87 bits per heavy atom. The number of nitrogens with zero attached hydrogens (tertiary/aromatic N) is 1. The van der Waals surface area contributed by atoms with E-state index >= 15 is 0 Å². The summed E-state index contributed by atoms with van der Waals surface area (Å²) in [6, 6.07) is 5.22. The minimum Gasteiger partial charge on any atom is -0.255 e. The molecule has 0 saturated carbocycles. The molecule has 0 fully saturated rings. The summed E-state index contributed by atoms with van der Waals surface area (Å²) in [5.41, 5.74) is -0.0674. The number of alkyl halides is 3. The van der Waals surface area contributed by atoms with Crippen molar-refractivity contribution in [2.75, 3.05) is 0 Å². The summed E-state index contributed by atoms with van der Waals surface area (Å²) in [7, 11) is 0. The fourth-order valence-electron chi connectivity index (χ4n) is 1.28. The number of aromatic nitrogens is 1. The molecule has 1 nitrogen and oxygen atoms in total. The van der Waals surface area contributed by atoms with Crippen LogP contribution in [-0.4, -0.2) is 4.98 Å². The van der Waals surface area contributed by atoms with Crippen LogP contribution in [0.4, 0.5) is 13.2 Å². The Bertz CT molecular complexity index is 507. The van der Waals surface area contributed by atoms with Crippen LogP contribution in [0.1, 0.15) is 5.56 Å². The second kappa shape index (κ2) is 3.62. The molecule has 1 heterocycles. The van der Waals surface area contributed by atoms with Crippen molar-refractivity contribution in [3.63, 3.8) is 0 Å². The van der Waals surface area contributed by atoms with Crippen LogP contribution in [0.5, 0.6) is 0 Å². The molecule has 0 amide bonds. The van der Waals surface area contributed by atoms with Crippen LogP contribution >= 0.6 is 22.6 Å². The summed E-state index contributed by atoms with van der Waals surface area (Å²) < 4.78 is 38.0. The number of pyridine rings is 1. The zero-order valence-corrected chi connectivity index (χ0v) is 9.50. The number of halogens is 4. The van der Waals surface area contributed by atoms with Crippen LogP contribution < -0.4 is 0 Å². The van der Waals surface area contributed by atoms with E-state index in [4.69, 9.17) is 0 Å². The monoisotopic (exact) mass is 323 g/mol. The molecule has 2 aromatic rings. The molecule has 1 aromatic heterocycles. The second-order valence-electron chi connectivity index (χ2n) is 3.06. The molecule has 0 saturated heterocycles. The van der Waals surface area contributed by atoms with Gasteiger partial charge in [-0.2, -0.15) is 13.2 Å². The van der Waals surface area contributed by atoms with E-state index in [-0.39, 0.29) is 0 Å². The first kappa shape index (κ1) is 10.7. The van der Waals surface area contributed by atoms with Gasteiger partial charge in [-0.05, 0) is 46.9 Å². The lowest BCUT2D eigenvalue weighted by Crippen LogP contribution is -2.04. The van der Waals surface area contributed by atoms with E-state index in [1.165, 1.54) is 6.07 Å². The molecule has 0 radical (unpaired) electrons. The Hall–Kier alpha value is -0.850. The topological polar surface area (TPSA) is 12.9 Å². The van der Waals surface area contributed by atoms with Crippen molar-refractivity contribution in [1.29, 1.82) is 0 Å². The van der Waals surface area contributed by atoms with Gasteiger partial charge in [0, 0.05) is 15.2 Å². The number of hydrogen-bond acceptors (Lipinski definition) is 1. The molecule has 0 bridgehead atoms. The van der Waals surface area contributed by atoms with Gasteiger partial charge in [0.2, 0.25) is 0 Å². The highest BCUT2D eigenvalue weighted by molar-refractivity contribution is 14.1. The number of benzene rings is 1. The smallest absolute Gasteiger partial charge is 0.255 e. The normalized spacial score (nSPS) is 12.0. The summed E-state index contributed by atoms with van der Waals surface area (Å²) in [6.45, 7) is 0. The first-order valence-electron chi connectivity index (χ1n) is 4.09. The van der Waals surface area contributed by atoms with E-state index in [1.54, 1.807) is 12.3 Å². The number of fused-ring (bicyclic) bond motifs is 1. The average molecular weight is 323 g/mol. The van der Waals surface area contributed by atoms with Crippen molar-refractivity contribution >= 4 is 33.5 Å². The fraction of sp³-hybridized carbons (Fsp3) is 0.100. The van der Waals surface area contributed by atoms with Crippen molar-refractivity contribution in [2.24, 2.45) is 0 Å². The third kappa shape index (κ3) is 2.22. The van der Waals surface area contributed by atoms with Crippen LogP contribution in [0.15, 0.2) is 30.5 Å². The lowest BCUT2D eigenvalue weighted by Gasteiger charge is -2.07. The minimum absolute atomic E-state index is 0.511. The lowest BCUT2D eigenvalue weighted by molar-refractivity contribution is -0.137. The summed E-state index contributed by atoms with van der Waals surface area (Å²) in [5, 5.41) is 0.511. The van der Waals surface area contributed by atoms with Gasteiger partial charge >= 0.3 is 6.18 Å². The van der Waals surface area contributed by atoms with Crippen molar-refractivity contribution < 1.29 is 13.2 Å². The molecular weight excluding hydrogens is 318 g/mol. The van der Waals surface area contributed by atoms with Gasteiger partial charge in [0.25, 0.3) is 0 Å². The molecule has 5 heteroatoms. The van der Waals surface area contributed by atoms with E-state index in [0.29, 0.717) is 10.9 Å². The molecular formula is C10H5F3IN. The van der Waals surface area contributed by atoms with Crippen molar-refractivity contribution in [3.8, 4) is 0 Å². The predicted octanol–water partition coefficient (Wildman–Crippen LogP) is 3.86. The van der Waals surface area contributed by atoms with E-state index in [9.17, 15) is 13.2 Å². The molecule has 15 heavy (non-hydrogen) atoms. The Kier molecular flexibility index (Phi) is 2.57. The highest BCUT2D eigenvalue weighted by Crippen LogP contribution is 2.31. The summed E-state index contributed by atoms with van der Waals surface area (Å²) in [4.78, 5) is 4.03. The maximum atomic E-state index is 12.4. The molecule has 0 aliphatic rings. The van der Waals surface area contributed by atoms with Crippen molar-refractivity contribution in [2.45, 2.75) is 6.18 Å². The predicted molar refractivity (Wildman–Crippen MR) is 59.5 cm³/mol. The molecule has 0 aliphatic carbocycles. The van der Waals surface area contributed by atoms with Gasteiger partial charge in [-0.25, -0.2) is 0 Å². The lowest BCUT2D eigenvalue weighted by atomic mass is 10.1. The van der Waals surface area contributed by atoms with E-state index in [2.05, 4.69) is 4.98 Å². The maximum Gasteiger partial charge on any atom is 0.416 e. The van der Waals surface area contributed by atoms with Gasteiger partial charge in [-0.3, -0.25) is 4.98 Å². The minimum atomic E-state index is -4.30. The van der Waals surface area contributed by atoms with Gasteiger partial charge in [-0.1, -0.05) is 0 Å². The Morgan fingerprint density at radius 3 is 2.53 bits per heavy atom. The summed E-state index contributed by atoms with van der Waals surface area (Å²) in [6.07, 6.45) is -2.67. The zero-order valence-electron chi connectivity index (χ0n) is 7.35. The summed E-state index contributed by atoms with van der Waals surface area (Å²) in [5.74, 6) is 0. The molecule has 0 N–H and O–H groups in total. The Labute approximate surface area is 97.5 Å². The molecule has 2 rings (SSSR count). The van der Waals surface area contributed by atoms with Gasteiger partial charge in [0.1, 0.15) is 0 Å². The quantitative estimate of drug-likeness (QED) is 0.671. The van der Waals surface area contributed by atoms with Gasteiger partial charge in [-0.15, -0.1) is 0 Å². The zero-order chi connectivity index (χ0) is 11.1. The van der Waals surface area contributed by atoms with Crippen molar-refractivity contribution in [3.05, 3.63) is 39.6 Å². The molecule has 0 aliphatic heterocycles. The maximum absolute atomic E-state index is 12.4. The molecule has 0 atom stereocenters. The highest BCUT2D eigenvalue weighted by atomic mass is 127. The van der Waals surface area contributed by atoms with E-state index in [0.717, 1.165) is 15.7 Å². The standard InChI is InChI=1S/C10H5F3IN/c11-10(12,13)7-1-2-9-6(3-7)4-8(14)5-15-9/h1-5H. The molecule has 1 aromatic carbocycles. The Balaban J connectivity index is 2.64. The van der Waals surface area contributed by atoms with Gasteiger partial charge < -0.3 is 0 Å². The fourth-order valence-corrected chi connectivity index (χ4v) is 1.76. The first-order valence-corrected chi connectivity index (χ1v) is 5.17. The first-order chi connectivity index (χ1) is 6.97. The largest absolute Gasteiger partial charge is 0.416 e. The van der Waals surface area contributed by atoms with Crippen molar-refractivity contribution in [1.82, 2.24) is 4.98 Å². The number of rotatable bonds is 0. The highest BCUT2D eigenvalue weighted by Gasteiger charge is 2.30. The van der Waals surface area contributed by atoms with Gasteiger partial charge in [0.15, 0.2) is 0 Å². The summed E-state index contributed by atoms with van der Waals surface area (Å²) >= 11 is 2.02. The van der Waals surface area contributed by atoms with E-state index < -0.39 is 11.7 Å². The van der Waals surface area contributed by atoms with Crippen LogP contribution in [0, 0.1) is 3.57 Å². The Morgan fingerprint density at radius 1 is 1.13 bits per heavy atom. The van der Waals surface area contributed by atoms with Crippen LogP contribution in [0.2, 0.25) is 0 Å². The third-order valence-corrected chi connectivity index (χ3v) is 2.57. The average Bonchev–Trinajstić information content (AvgIpc) is 2.15. The third-order valence-electron chi connectivity index (χ3n) is 1.98. The molecule has 0 spiro atoms. The molecule has 0 unspecified atom stereocenters. The number of hydrogen-bond donors (Lipinski definition) is 0. The molecule has 78 valence electrons. The van der Waals surface area contributed by atoms with Crippen LogP contribution in [0.25, 0.3) is 10.9 Å². The second-order valence-corrected chi connectivity index (χ2v) is 4.30. The van der Waals surface area contributed by atoms with Crippen LogP contribution in [-0.2, 0) is 6.18 Å².